The van der Waals surface area contributed by atoms with Gasteiger partial charge in [0.15, 0.2) is 17.5 Å². The van der Waals surface area contributed by atoms with Gasteiger partial charge in [-0.15, -0.1) is 0 Å². The third kappa shape index (κ3) is 3.59. The zero-order valence-corrected chi connectivity index (χ0v) is 16.8. The van der Waals surface area contributed by atoms with Crippen molar-refractivity contribution in [2.45, 2.75) is 18.9 Å². The molecule has 0 spiro atoms. The van der Waals surface area contributed by atoms with Crippen LogP contribution in [0.2, 0.25) is 5.02 Å². The van der Waals surface area contributed by atoms with Crippen molar-refractivity contribution < 1.29 is 13.9 Å². The number of hydrogen-bond donors (Lipinski definition) is 2. The smallest absolute Gasteiger partial charge is 0.228 e. The minimum Gasteiger partial charge on any atom is -0.381 e. The Bertz CT molecular complexity index is 1100. The standard InChI is InChI=1S/C20H20ClFN6O2/c21-12-5-14-15(7-24-17(14)23-6-12)18-25-8-16(22)19(27-18)26-13-1-3-28(9-13)20(29)11-2-4-30-10-11/h5-8,11,13H,1-4,9-10H2,(H,23,24)(H,25,26,27)/t11?,13-/m1/s1. The summed E-state index contributed by atoms with van der Waals surface area (Å²) in [5, 5.41) is 4.40. The van der Waals surface area contributed by atoms with E-state index in [0.717, 1.165) is 24.4 Å². The van der Waals surface area contributed by atoms with Gasteiger partial charge in [-0.2, -0.15) is 0 Å². The summed E-state index contributed by atoms with van der Waals surface area (Å²) in [6.45, 7) is 2.27. The van der Waals surface area contributed by atoms with Gasteiger partial charge in [0.2, 0.25) is 5.91 Å². The molecule has 0 radical (unpaired) electrons. The highest BCUT2D eigenvalue weighted by molar-refractivity contribution is 6.31. The molecule has 3 aromatic rings. The molecule has 5 rings (SSSR count). The molecule has 2 atom stereocenters. The summed E-state index contributed by atoms with van der Waals surface area (Å²) in [7, 11) is 0. The van der Waals surface area contributed by atoms with Crippen molar-refractivity contribution in [2.75, 3.05) is 31.6 Å². The topological polar surface area (TPSA) is 96.0 Å². The average Bonchev–Trinajstić information content (AvgIpc) is 3.50. The van der Waals surface area contributed by atoms with E-state index in [1.54, 1.807) is 18.5 Å². The molecule has 3 aromatic heterocycles. The number of aromatic nitrogens is 4. The number of ether oxygens (including phenoxy) is 1. The maximum Gasteiger partial charge on any atom is 0.228 e. The third-order valence-corrected chi connectivity index (χ3v) is 5.81. The predicted octanol–water partition coefficient (Wildman–Crippen LogP) is 2.86. The van der Waals surface area contributed by atoms with Crippen LogP contribution in [0.1, 0.15) is 12.8 Å². The molecule has 5 heterocycles. The number of pyridine rings is 1. The van der Waals surface area contributed by atoms with E-state index in [2.05, 4.69) is 25.3 Å². The van der Waals surface area contributed by atoms with Gasteiger partial charge in [0, 0.05) is 49.1 Å². The fourth-order valence-electron chi connectivity index (χ4n) is 4.02. The van der Waals surface area contributed by atoms with Crippen molar-refractivity contribution in [1.29, 1.82) is 0 Å². The minimum atomic E-state index is -0.538. The zero-order valence-electron chi connectivity index (χ0n) is 16.1. The predicted molar refractivity (Wildman–Crippen MR) is 110 cm³/mol. The molecule has 2 N–H and O–H groups in total. The molecule has 0 aliphatic carbocycles. The minimum absolute atomic E-state index is 0.0616. The fraction of sp³-hybridized carbons (Fsp3) is 0.400. The van der Waals surface area contributed by atoms with Crippen LogP contribution in [-0.2, 0) is 9.53 Å². The lowest BCUT2D eigenvalue weighted by atomic mass is 10.1. The molecule has 2 aliphatic heterocycles. The van der Waals surface area contributed by atoms with Crippen LogP contribution >= 0.6 is 11.6 Å². The number of nitrogens with zero attached hydrogens (tertiary/aromatic N) is 4. The van der Waals surface area contributed by atoms with Crippen LogP contribution in [0, 0.1) is 11.7 Å². The molecular formula is C20H20ClFN6O2. The van der Waals surface area contributed by atoms with Crippen LogP contribution < -0.4 is 5.32 Å². The number of H-pyrrole nitrogens is 1. The quantitative estimate of drug-likeness (QED) is 0.660. The highest BCUT2D eigenvalue weighted by atomic mass is 35.5. The molecule has 2 saturated heterocycles. The maximum atomic E-state index is 14.4. The van der Waals surface area contributed by atoms with Gasteiger partial charge >= 0.3 is 0 Å². The van der Waals surface area contributed by atoms with Gasteiger partial charge in [-0.25, -0.2) is 19.3 Å². The van der Waals surface area contributed by atoms with E-state index in [-0.39, 0.29) is 23.7 Å². The number of fused-ring (bicyclic) bond motifs is 1. The molecule has 2 aliphatic rings. The van der Waals surface area contributed by atoms with E-state index in [0.29, 0.717) is 48.4 Å². The van der Waals surface area contributed by atoms with E-state index >= 15 is 0 Å². The fourth-order valence-corrected chi connectivity index (χ4v) is 4.18. The highest BCUT2D eigenvalue weighted by Gasteiger charge is 2.33. The van der Waals surface area contributed by atoms with Crippen LogP contribution in [0.3, 0.4) is 0 Å². The lowest BCUT2D eigenvalue weighted by Crippen LogP contribution is -2.36. The van der Waals surface area contributed by atoms with Crippen molar-refractivity contribution in [2.24, 2.45) is 5.92 Å². The summed E-state index contributed by atoms with van der Waals surface area (Å²) >= 11 is 6.06. The molecule has 8 nitrogen and oxygen atoms in total. The summed E-state index contributed by atoms with van der Waals surface area (Å²) in [4.78, 5) is 30.2. The van der Waals surface area contributed by atoms with Crippen LogP contribution in [0.15, 0.2) is 24.7 Å². The lowest BCUT2D eigenvalue weighted by molar-refractivity contribution is -0.134. The summed E-state index contributed by atoms with van der Waals surface area (Å²) in [6.07, 6.45) is 5.92. The van der Waals surface area contributed by atoms with Crippen LogP contribution in [0.25, 0.3) is 22.4 Å². The number of anilines is 1. The summed E-state index contributed by atoms with van der Waals surface area (Å²) < 4.78 is 19.7. The highest BCUT2D eigenvalue weighted by Crippen LogP contribution is 2.29. The molecule has 2 fully saturated rings. The number of rotatable bonds is 4. The Labute approximate surface area is 176 Å². The van der Waals surface area contributed by atoms with Gasteiger partial charge in [-0.05, 0) is 18.9 Å². The van der Waals surface area contributed by atoms with Crippen molar-refractivity contribution in [3.8, 4) is 11.4 Å². The Balaban J connectivity index is 1.34. The monoisotopic (exact) mass is 430 g/mol. The summed E-state index contributed by atoms with van der Waals surface area (Å²) in [5.41, 5.74) is 1.34. The molecular weight excluding hydrogens is 411 g/mol. The Kier molecular flexibility index (Phi) is 5.00. The van der Waals surface area contributed by atoms with Gasteiger partial charge in [0.05, 0.1) is 23.7 Å². The van der Waals surface area contributed by atoms with Gasteiger partial charge in [-0.1, -0.05) is 11.6 Å². The number of likely N-dealkylation sites (tertiary alicyclic amines) is 1. The molecule has 1 unspecified atom stereocenters. The first-order valence-corrected chi connectivity index (χ1v) is 10.2. The number of nitrogens with one attached hydrogen (secondary N) is 2. The van der Waals surface area contributed by atoms with Crippen LogP contribution in [0.4, 0.5) is 10.2 Å². The molecule has 10 heteroatoms. The van der Waals surface area contributed by atoms with Gasteiger partial charge < -0.3 is 19.9 Å². The van der Waals surface area contributed by atoms with Crippen molar-refractivity contribution in [1.82, 2.24) is 24.8 Å². The van der Waals surface area contributed by atoms with Crippen molar-refractivity contribution in [3.63, 3.8) is 0 Å². The van der Waals surface area contributed by atoms with Gasteiger partial charge in [0.25, 0.3) is 0 Å². The van der Waals surface area contributed by atoms with Crippen molar-refractivity contribution in [3.05, 3.63) is 35.5 Å². The second-order valence-corrected chi connectivity index (χ2v) is 8.05. The first kappa shape index (κ1) is 19.2. The van der Waals surface area contributed by atoms with Gasteiger partial charge in [-0.3, -0.25) is 4.79 Å². The molecule has 30 heavy (non-hydrogen) atoms. The lowest BCUT2D eigenvalue weighted by Gasteiger charge is -2.20. The summed E-state index contributed by atoms with van der Waals surface area (Å²) in [6, 6.07) is 1.69. The third-order valence-electron chi connectivity index (χ3n) is 5.60. The number of carbonyl (C=O) groups excluding carboxylic acids is 1. The Hall–Kier alpha value is -2.78. The summed E-state index contributed by atoms with van der Waals surface area (Å²) in [5.74, 6) is -0.00271. The SMILES string of the molecule is O=C(C1CCOC1)N1CC[C@@H](Nc2nc(-c3c[nH]c4ncc(Cl)cc34)ncc2F)C1. The number of aromatic amines is 1. The molecule has 0 saturated carbocycles. The Morgan fingerprint density at radius 2 is 2.23 bits per heavy atom. The van der Waals surface area contributed by atoms with Crippen molar-refractivity contribution >= 4 is 34.4 Å². The van der Waals surface area contributed by atoms with E-state index < -0.39 is 5.82 Å². The number of hydrogen-bond acceptors (Lipinski definition) is 6. The number of halogens is 2. The Morgan fingerprint density at radius 1 is 1.33 bits per heavy atom. The number of carbonyl (C=O) groups is 1. The average molecular weight is 431 g/mol. The molecule has 0 aromatic carbocycles. The van der Waals surface area contributed by atoms with Crippen LogP contribution in [0.5, 0.6) is 0 Å². The van der Waals surface area contributed by atoms with E-state index in [9.17, 15) is 9.18 Å². The maximum absolute atomic E-state index is 14.4. The normalized spacial score (nSPS) is 21.5. The molecule has 156 valence electrons. The molecule has 1 amide bonds. The molecule has 0 bridgehead atoms. The van der Waals surface area contributed by atoms with Crippen LogP contribution in [-0.4, -0.2) is 63.1 Å². The Morgan fingerprint density at radius 3 is 3.07 bits per heavy atom. The first-order chi connectivity index (χ1) is 14.6. The second kappa shape index (κ2) is 7.81. The van der Waals surface area contributed by atoms with E-state index in [1.165, 1.54) is 0 Å². The van der Waals surface area contributed by atoms with Gasteiger partial charge in [0.1, 0.15) is 5.65 Å². The second-order valence-electron chi connectivity index (χ2n) is 7.62. The zero-order chi connectivity index (χ0) is 20.7. The largest absolute Gasteiger partial charge is 0.381 e. The number of amides is 1. The first-order valence-electron chi connectivity index (χ1n) is 9.87. The van der Waals surface area contributed by atoms with E-state index in [1.807, 2.05) is 4.90 Å². The van der Waals surface area contributed by atoms with E-state index in [4.69, 9.17) is 16.3 Å².